The summed E-state index contributed by atoms with van der Waals surface area (Å²) < 4.78 is 8.16. The highest BCUT2D eigenvalue weighted by molar-refractivity contribution is 9.12. The van der Waals surface area contributed by atoms with Gasteiger partial charge in [-0.25, -0.2) is 0 Å². The Labute approximate surface area is 132 Å². The van der Waals surface area contributed by atoms with Crippen LogP contribution in [0.25, 0.3) is 11.0 Å². The molecule has 2 nitrogen and oxygen atoms in total. The third kappa shape index (κ3) is 2.52. The molecule has 2 heterocycles. The molecule has 0 radical (unpaired) electrons. The Morgan fingerprint density at radius 3 is 2.63 bits per heavy atom. The molecule has 3 rings (SSSR count). The first-order valence-corrected chi connectivity index (χ1v) is 8.20. The summed E-state index contributed by atoms with van der Waals surface area (Å²) in [5, 5.41) is 4.44. The van der Waals surface area contributed by atoms with Gasteiger partial charge >= 0.3 is 0 Å². The van der Waals surface area contributed by atoms with Crippen molar-refractivity contribution in [3.05, 3.63) is 55.3 Å². The molecule has 0 aliphatic carbocycles. The Morgan fingerprint density at radius 1 is 1.21 bits per heavy atom. The van der Waals surface area contributed by atoms with E-state index < -0.39 is 0 Å². The monoisotopic (exact) mass is 399 g/mol. The molecule has 0 spiro atoms. The molecule has 19 heavy (non-hydrogen) atoms. The van der Waals surface area contributed by atoms with Crippen molar-refractivity contribution < 1.29 is 4.42 Å². The van der Waals surface area contributed by atoms with Crippen LogP contribution in [0.4, 0.5) is 0 Å². The molecule has 2 aromatic heterocycles. The number of nitrogens with one attached hydrogen (secondary N) is 1. The number of rotatable bonds is 3. The average molecular weight is 401 g/mol. The maximum atomic E-state index is 5.95. The zero-order chi connectivity index (χ0) is 13.4. The van der Waals surface area contributed by atoms with E-state index in [2.05, 4.69) is 55.4 Å². The maximum Gasteiger partial charge on any atom is 0.134 e. The topological polar surface area (TPSA) is 25.2 Å². The number of benzene rings is 1. The lowest BCUT2D eigenvalue weighted by atomic mass is 10.1. The molecule has 0 saturated carbocycles. The van der Waals surface area contributed by atoms with Crippen LogP contribution in [0, 0.1) is 0 Å². The van der Waals surface area contributed by atoms with Gasteiger partial charge in [0.05, 0.1) is 13.6 Å². The van der Waals surface area contributed by atoms with Gasteiger partial charge in [0.25, 0.3) is 0 Å². The molecule has 0 aliphatic heterocycles. The summed E-state index contributed by atoms with van der Waals surface area (Å²) in [6.07, 6.45) is 0. The molecular formula is C14H11Br2NOS. The van der Waals surface area contributed by atoms with Crippen LogP contribution < -0.4 is 5.32 Å². The van der Waals surface area contributed by atoms with Crippen LogP contribution in [-0.2, 0) is 0 Å². The molecule has 0 amide bonds. The fourth-order valence-electron chi connectivity index (χ4n) is 2.15. The normalized spacial score (nSPS) is 13.0. The largest absolute Gasteiger partial charge is 0.459 e. The molecule has 1 N–H and O–H groups in total. The van der Waals surface area contributed by atoms with Crippen LogP contribution in [-0.4, -0.2) is 7.05 Å². The van der Waals surface area contributed by atoms with E-state index in [4.69, 9.17) is 4.42 Å². The summed E-state index contributed by atoms with van der Waals surface area (Å²) in [5.41, 5.74) is 2.10. The SMILES string of the molecule is CNC(c1cc2ccccc2o1)c1cc(Br)sc1Br. The average Bonchev–Trinajstić information content (AvgIpc) is 2.94. The van der Waals surface area contributed by atoms with Crippen molar-refractivity contribution in [3.8, 4) is 0 Å². The van der Waals surface area contributed by atoms with Crippen molar-refractivity contribution in [3.63, 3.8) is 0 Å². The molecule has 0 aliphatic rings. The lowest BCUT2D eigenvalue weighted by Crippen LogP contribution is -2.16. The van der Waals surface area contributed by atoms with Gasteiger partial charge in [0.1, 0.15) is 11.3 Å². The number of furan rings is 1. The molecule has 3 aromatic rings. The third-order valence-corrected chi connectivity index (χ3v) is 5.40. The molecule has 0 saturated heterocycles. The zero-order valence-corrected chi connectivity index (χ0v) is 14.1. The lowest BCUT2D eigenvalue weighted by molar-refractivity contribution is 0.491. The zero-order valence-electron chi connectivity index (χ0n) is 10.1. The number of hydrogen-bond acceptors (Lipinski definition) is 3. The van der Waals surface area contributed by atoms with Crippen LogP contribution >= 0.6 is 43.2 Å². The predicted molar refractivity (Wildman–Crippen MR) is 86.8 cm³/mol. The molecule has 1 aromatic carbocycles. The van der Waals surface area contributed by atoms with Gasteiger partial charge in [0.15, 0.2) is 0 Å². The maximum absolute atomic E-state index is 5.95. The van der Waals surface area contributed by atoms with Crippen molar-refractivity contribution in [2.45, 2.75) is 6.04 Å². The number of para-hydroxylation sites is 1. The molecule has 1 unspecified atom stereocenters. The number of hydrogen-bond donors (Lipinski definition) is 1. The fraction of sp³-hybridized carbons (Fsp3) is 0.143. The smallest absolute Gasteiger partial charge is 0.134 e. The summed E-state index contributed by atoms with van der Waals surface area (Å²) in [6, 6.07) is 12.3. The van der Waals surface area contributed by atoms with Crippen molar-refractivity contribution in [1.82, 2.24) is 5.32 Å². The minimum Gasteiger partial charge on any atom is -0.459 e. The van der Waals surface area contributed by atoms with Gasteiger partial charge in [0, 0.05) is 10.9 Å². The van der Waals surface area contributed by atoms with Crippen molar-refractivity contribution >= 4 is 54.2 Å². The second-order valence-corrected chi connectivity index (χ2v) is 7.94. The van der Waals surface area contributed by atoms with Crippen LogP contribution in [0.5, 0.6) is 0 Å². The van der Waals surface area contributed by atoms with Crippen LogP contribution in [0.2, 0.25) is 0 Å². The minimum absolute atomic E-state index is 0.0457. The number of thiophene rings is 1. The van der Waals surface area contributed by atoms with Gasteiger partial charge in [-0.1, -0.05) is 18.2 Å². The summed E-state index contributed by atoms with van der Waals surface area (Å²) in [4.78, 5) is 0. The molecule has 1 atom stereocenters. The highest BCUT2D eigenvalue weighted by Gasteiger charge is 2.21. The van der Waals surface area contributed by atoms with E-state index in [1.807, 2.05) is 25.2 Å². The summed E-state index contributed by atoms with van der Waals surface area (Å²) >= 11 is 8.79. The van der Waals surface area contributed by atoms with Gasteiger partial charge in [0.2, 0.25) is 0 Å². The first-order chi connectivity index (χ1) is 9.19. The summed E-state index contributed by atoms with van der Waals surface area (Å²) in [6.45, 7) is 0. The van der Waals surface area contributed by atoms with Crippen molar-refractivity contribution in [2.24, 2.45) is 0 Å². The summed E-state index contributed by atoms with van der Waals surface area (Å²) in [5.74, 6) is 0.926. The second kappa shape index (κ2) is 5.40. The van der Waals surface area contributed by atoms with Crippen LogP contribution in [0.15, 0.2) is 48.4 Å². The van der Waals surface area contributed by atoms with Crippen LogP contribution in [0.1, 0.15) is 17.4 Å². The Kier molecular flexibility index (Phi) is 3.80. The van der Waals surface area contributed by atoms with Gasteiger partial charge in [-0.3, -0.25) is 0 Å². The fourth-order valence-corrected chi connectivity index (χ4v) is 5.05. The third-order valence-electron chi connectivity index (χ3n) is 3.01. The predicted octanol–water partition coefficient (Wildman–Crippen LogP) is 5.33. The van der Waals surface area contributed by atoms with Crippen molar-refractivity contribution in [1.29, 1.82) is 0 Å². The Balaban J connectivity index is 2.09. The lowest BCUT2D eigenvalue weighted by Gasteiger charge is -2.12. The molecule has 5 heteroatoms. The Morgan fingerprint density at radius 2 is 2.00 bits per heavy atom. The van der Waals surface area contributed by atoms with Gasteiger partial charge < -0.3 is 9.73 Å². The van der Waals surface area contributed by atoms with E-state index in [1.54, 1.807) is 11.3 Å². The van der Waals surface area contributed by atoms with E-state index >= 15 is 0 Å². The van der Waals surface area contributed by atoms with E-state index in [-0.39, 0.29) is 6.04 Å². The number of fused-ring (bicyclic) bond motifs is 1. The first-order valence-electron chi connectivity index (χ1n) is 5.79. The molecule has 0 bridgehead atoms. The van der Waals surface area contributed by atoms with Gasteiger partial charge in [-0.2, -0.15) is 0 Å². The highest BCUT2D eigenvalue weighted by atomic mass is 79.9. The highest BCUT2D eigenvalue weighted by Crippen LogP contribution is 2.38. The quantitative estimate of drug-likeness (QED) is 0.642. The Bertz CT molecular complexity index is 686. The van der Waals surface area contributed by atoms with Crippen LogP contribution in [0.3, 0.4) is 0 Å². The van der Waals surface area contributed by atoms with E-state index in [0.29, 0.717) is 0 Å². The molecule has 98 valence electrons. The number of halogens is 2. The van der Waals surface area contributed by atoms with E-state index in [0.717, 1.165) is 24.3 Å². The minimum atomic E-state index is 0.0457. The van der Waals surface area contributed by atoms with Crippen molar-refractivity contribution in [2.75, 3.05) is 7.05 Å². The van der Waals surface area contributed by atoms with E-state index in [1.165, 1.54) is 5.56 Å². The molecule has 0 fully saturated rings. The Hall–Kier alpha value is -0.620. The molecular weight excluding hydrogens is 390 g/mol. The standard InChI is InChI=1S/C14H11Br2NOS/c1-17-13(9-7-12(15)19-14(9)16)11-6-8-4-2-3-5-10(8)18-11/h2-7,13,17H,1H3. The first kappa shape index (κ1) is 13.4. The summed E-state index contributed by atoms with van der Waals surface area (Å²) in [7, 11) is 1.94. The van der Waals surface area contributed by atoms with Gasteiger partial charge in [-0.05, 0) is 57.1 Å². The van der Waals surface area contributed by atoms with E-state index in [9.17, 15) is 0 Å². The second-order valence-electron chi connectivity index (χ2n) is 4.19. The van der Waals surface area contributed by atoms with Gasteiger partial charge in [-0.15, -0.1) is 11.3 Å².